The van der Waals surface area contributed by atoms with Crippen molar-refractivity contribution < 1.29 is 4.48 Å². The number of quaternary nitrogens is 1. The number of benzene rings is 3. The molecule has 0 spiro atoms. The second kappa shape index (κ2) is 17.8. The Hall–Kier alpha value is -2.64. The quantitative estimate of drug-likeness (QED) is 0.0879. The fourth-order valence-corrected chi connectivity index (χ4v) is 5.55. The molecule has 3 aromatic carbocycles. The minimum Gasteiger partial charge on any atom is -0.312 e. The van der Waals surface area contributed by atoms with E-state index in [0.717, 1.165) is 24.1 Å². The molecule has 0 saturated heterocycles. The fraction of sp³-hybridized carbons (Fsp3) is 0.444. The van der Waals surface area contributed by atoms with Gasteiger partial charge in [0.25, 0.3) is 0 Å². The summed E-state index contributed by atoms with van der Waals surface area (Å²) in [6.45, 7) is 6.68. The Labute approximate surface area is 227 Å². The summed E-state index contributed by atoms with van der Waals surface area (Å²) in [7, 11) is 0. The van der Waals surface area contributed by atoms with Crippen LogP contribution in [0.3, 0.4) is 0 Å². The van der Waals surface area contributed by atoms with E-state index in [1.165, 1.54) is 93.9 Å². The summed E-state index contributed by atoms with van der Waals surface area (Å²) in [6.07, 6.45) is 19.5. The molecule has 1 heteroatoms. The Kier molecular flexibility index (Phi) is 13.9. The molecule has 0 N–H and O–H groups in total. The van der Waals surface area contributed by atoms with Crippen LogP contribution in [0.2, 0.25) is 0 Å². The van der Waals surface area contributed by atoms with E-state index >= 15 is 0 Å². The van der Waals surface area contributed by atoms with Gasteiger partial charge in [-0.15, -0.1) is 0 Å². The van der Waals surface area contributed by atoms with Crippen LogP contribution in [0.15, 0.2) is 103 Å². The predicted octanol–water partition coefficient (Wildman–Crippen LogP) is 10.3. The molecule has 0 aromatic heterocycles. The van der Waals surface area contributed by atoms with Gasteiger partial charge in [-0.1, -0.05) is 149 Å². The summed E-state index contributed by atoms with van der Waals surface area (Å²) < 4.78 is 1.09. The van der Waals surface area contributed by atoms with Gasteiger partial charge in [-0.05, 0) is 32.1 Å². The molecule has 3 rings (SSSR count). The Bertz CT molecular complexity index is 860. The highest BCUT2D eigenvalue weighted by molar-refractivity contribution is 5.17. The van der Waals surface area contributed by atoms with Crippen molar-refractivity contribution in [1.82, 2.24) is 0 Å². The van der Waals surface area contributed by atoms with E-state index in [1.807, 2.05) is 0 Å². The summed E-state index contributed by atoms with van der Waals surface area (Å²) in [6, 6.07) is 33.4. The average Bonchev–Trinajstić information content (AvgIpc) is 2.93. The standard InChI is InChI=1S/C36H50N/c1-2-3-4-5-6-7-8-9-10-11-12-13-23-30-37(31-34-24-17-14-18-25-34,32-35-26-19-15-20-27-35)33-36-28-21-16-22-29-36/h3-4,14-22,24-29H,2,5-13,23,30-33H2,1H3/q+1/b4-3+. The van der Waals surface area contributed by atoms with Crippen LogP contribution in [-0.4, -0.2) is 11.0 Å². The highest BCUT2D eigenvalue weighted by Crippen LogP contribution is 2.26. The second-order valence-electron chi connectivity index (χ2n) is 10.8. The van der Waals surface area contributed by atoms with Crippen molar-refractivity contribution in [2.75, 3.05) is 6.54 Å². The fourth-order valence-electron chi connectivity index (χ4n) is 5.55. The molecule has 1 nitrogen and oxygen atoms in total. The van der Waals surface area contributed by atoms with Gasteiger partial charge in [-0.2, -0.15) is 0 Å². The number of hydrogen-bond donors (Lipinski definition) is 0. The number of hydrogen-bond acceptors (Lipinski definition) is 0. The zero-order valence-corrected chi connectivity index (χ0v) is 23.4. The van der Waals surface area contributed by atoms with Crippen LogP contribution in [0.1, 0.15) is 94.2 Å². The largest absolute Gasteiger partial charge is 0.312 e. The lowest BCUT2D eigenvalue weighted by atomic mass is 10.0. The lowest BCUT2D eigenvalue weighted by molar-refractivity contribution is -0.966. The third-order valence-electron chi connectivity index (χ3n) is 7.49. The van der Waals surface area contributed by atoms with E-state index in [4.69, 9.17) is 0 Å². The lowest BCUT2D eigenvalue weighted by Gasteiger charge is -2.39. The van der Waals surface area contributed by atoms with Crippen LogP contribution in [0.5, 0.6) is 0 Å². The first-order chi connectivity index (χ1) is 18.3. The van der Waals surface area contributed by atoms with Gasteiger partial charge in [0, 0.05) is 16.7 Å². The minimum atomic E-state index is 1.08. The maximum atomic E-state index is 2.35. The molecule has 0 bridgehead atoms. The molecule has 37 heavy (non-hydrogen) atoms. The normalized spacial score (nSPS) is 11.8. The van der Waals surface area contributed by atoms with Crippen molar-refractivity contribution in [3.05, 3.63) is 120 Å². The molecule has 0 aliphatic carbocycles. The Morgan fingerprint density at radius 3 is 1.24 bits per heavy atom. The summed E-state index contributed by atoms with van der Waals surface area (Å²) in [5.41, 5.74) is 4.33. The van der Waals surface area contributed by atoms with Crippen molar-refractivity contribution in [3.63, 3.8) is 0 Å². The smallest absolute Gasteiger partial charge is 0.105 e. The van der Waals surface area contributed by atoms with Gasteiger partial charge in [0.05, 0.1) is 6.54 Å². The number of nitrogens with zero attached hydrogens (tertiary/aromatic N) is 1. The van der Waals surface area contributed by atoms with Crippen molar-refractivity contribution in [2.24, 2.45) is 0 Å². The van der Waals surface area contributed by atoms with Crippen LogP contribution < -0.4 is 0 Å². The molecule has 0 fully saturated rings. The highest BCUT2D eigenvalue weighted by atomic mass is 15.3. The molecular formula is C36H50N+. The van der Waals surface area contributed by atoms with Gasteiger partial charge in [0.2, 0.25) is 0 Å². The predicted molar refractivity (Wildman–Crippen MR) is 161 cm³/mol. The number of allylic oxidation sites excluding steroid dienone is 2. The van der Waals surface area contributed by atoms with Crippen molar-refractivity contribution in [1.29, 1.82) is 0 Å². The van der Waals surface area contributed by atoms with Crippen LogP contribution in [-0.2, 0) is 19.6 Å². The molecule has 0 unspecified atom stereocenters. The molecule has 0 radical (unpaired) electrons. The molecule has 198 valence electrons. The summed E-state index contributed by atoms with van der Waals surface area (Å²) in [4.78, 5) is 0. The highest BCUT2D eigenvalue weighted by Gasteiger charge is 2.28. The second-order valence-corrected chi connectivity index (χ2v) is 10.8. The molecule has 0 heterocycles. The summed E-state index contributed by atoms with van der Waals surface area (Å²) >= 11 is 0. The van der Waals surface area contributed by atoms with Gasteiger partial charge in [-0.3, -0.25) is 0 Å². The zero-order valence-electron chi connectivity index (χ0n) is 23.4. The van der Waals surface area contributed by atoms with Gasteiger partial charge in [-0.25, -0.2) is 0 Å². The zero-order chi connectivity index (χ0) is 25.9. The van der Waals surface area contributed by atoms with Gasteiger partial charge < -0.3 is 4.48 Å². The van der Waals surface area contributed by atoms with Crippen molar-refractivity contribution in [2.45, 2.75) is 97.2 Å². The Morgan fingerprint density at radius 2 is 0.838 bits per heavy atom. The van der Waals surface area contributed by atoms with Gasteiger partial charge in [0.1, 0.15) is 19.6 Å². The van der Waals surface area contributed by atoms with Crippen LogP contribution in [0.4, 0.5) is 0 Å². The van der Waals surface area contributed by atoms with E-state index in [0.29, 0.717) is 0 Å². The summed E-state index contributed by atoms with van der Waals surface area (Å²) in [5.74, 6) is 0. The van der Waals surface area contributed by atoms with Gasteiger partial charge in [0.15, 0.2) is 0 Å². The topological polar surface area (TPSA) is 0 Å². The summed E-state index contributed by atoms with van der Waals surface area (Å²) in [5, 5.41) is 0. The molecule has 0 amide bonds. The van der Waals surface area contributed by atoms with E-state index in [9.17, 15) is 0 Å². The molecular weight excluding hydrogens is 446 g/mol. The van der Waals surface area contributed by atoms with Crippen molar-refractivity contribution in [3.8, 4) is 0 Å². The van der Waals surface area contributed by atoms with E-state index in [1.54, 1.807) is 0 Å². The maximum Gasteiger partial charge on any atom is 0.105 e. The number of rotatable bonds is 19. The minimum absolute atomic E-state index is 1.08. The number of unbranched alkanes of at least 4 members (excludes halogenated alkanes) is 9. The van der Waals surface area contributed by atoms with Gasteiger partial charge >= 0.3 is 0 Å². The molecule has 0 aliphatic rings. The third-order valence-corrected chi connectivity index (χ3v) is 7.49. The monoisotopic (exact) mass is 496 g/mol. The molecule has 0 saturated carbocycles. The molecule has 0 atom stereocenters. The first-order valence-corrected chi connectivity index (χ1v) is 14.9. The lowest BCUT2D eigenvalue weighted by Crippen LogP contribution is -2.46. The van der Waals surface area contributed by atoms with E-state index < -0.39 is 0 Å². The van der Waals surface area contributed by atoms with Crippen LogP contribution in [0.25, 0.3) is 0 Å². The maximum absolute atomic E-state index is 2.35. The SMILES string of the molecule is CC/C=C/CCCCCCCCCCC[N+](Cc1ccccc1)(Cc1ccccc1)Cc1ccccc1. The molecule has 3 aromatic rings. The molecule has 0 aliphatic heterocycles. The Morgan fingerprint density at radius 1 is 0.459 bits per heavy atom. The first kappa shape index (κ1) is 28.9. The Balaban J connectivity index is 1.53. The van der Waals surface area contributed by atoms with Crippen molar-refractivity contribution >= 4 is 0 Å². The first-order valence-electron chi connectivity index (χ1n) is 14.9. The third kappa shape index (κ3) is 12.0. The van der Waals surface area contributed by atoms with Crippen LogP contribution >= 0.6 is 0 Å². The average molecular weight is 497 g/mol. The van der Waals surface area contributed by atoms with Crippen LogP contribution in [0, 0.1) is 0 Å². The van der Waals surface area contributed by atoms with E-state index in [2.05, 4.69) is 110 Å². The van der Waals surface area contributed by atoms with E-state index in [-0.39, 0.29) is 0 Å².